The molecule has 0 aliphatic carbocycles. The van der Waals surface area contributed by atoms with Crippen LogP contribution in [0.25, 0.3) is 6.08 Å². The predicted octanol–water partition coefficient (Wildman–Crippen LogP) is 4.25. The molecule has 0 bridgehead atoms. The monoisotopic (exact) mass is 390 g/mol. The first-order valence-electron chi connectivity index (χ1n) is 8.46. The van der Waals surface area contributed by atoms with Crippen molar-refractivity contribution in [3.8, 4) is 5.75 Å². The second-order valence-corrected chi connectivity index (χ2v) is 6.23. The quantitative estimate of drug-likeness (QED) is 0.767. The lowest BCUT2D eigenvalue weighted by Crippen LogP contribution is -2.16. The Morgan fingerprint density at radius 2 is 1.89 bits per heavy atom. The molecule has 5 nitrogen and oxygen atoms in total. The van der Waals surface area contributed by atoms with Crippen molar-refractivity contribution in [2.75, 3.05) is 17.2 Å². The molecule has 2 amide bonds. The number of ether oxygens (including phenoxy) is 1. The van der Waals surface area contributed by atoms with Gasteiger partial charge in [-0.25, -0.2) is 0 Å². The summed E-state index contributed by atoms with van der Waals surface area (Å²) in [5, 5.41) is 4.53. The molecule has 0 radical (unpaired) electrons. The Bertz CT molecular complexity index is 952. The molecule has 0 spiro atoms. The van der Waals surface area contributed by atoms with E-state index in [1.54, 1.807) is 12.1 Å². The van der Waals surface area contributed by atoms with Gasteiger partial charge >= 0.3 is 6.18 Å². The molecular formula is C20H17F3N2O3. The van der Waals surface area contributed by atoms with Crippen molar-refractivity contribution in [2.24, 2.45) is 0 Å². The second-order valence-electron chi connectivity index (χ2n) is 6.23. The lowest BCUT2D eigenvalue weighted by molar-refractivity contribution is -0.137. The summed E-state index contributed by atoms with van der Waals surface area (Å²) < 4.78 is 45.3. The van der Waals surface area contributed by atoms with E-state index in [1.807, 2.05) is 6.07 Å². The van der Waals surface area contributed by atoms with E-state index >= 15 is 0 Å². The Kier molecular flexibility index (Phi) is 5.39. The number of fused-ring (bicyclic) bond motifs is 1. The Balaban J connectivity index is 1.76. The Hall–Kier alpha value is -3.29. The number of rotatable bonds is 4. The normalized spacial score (nSPS) is 13.1. The molecule has 2 aromatic carbocycles. The molecular weight excluding hydrogens is 373 g/mol. The molecule has 1 aliphatic rings. The molecule has 0 atom stereocenters. The maximum Gasteiger partial charge on any atom is 0.418 e. The number of carbonyl (C=O) groups is 2. The van der Waals surface area contributed by atoms with E-state index in [2.05, 4.69) is 10.6 Å². The van der Waals surface area contributed by atoms with E-state index in [1.165, 1.54) is 25.1 Å². The maximum absolute atomic E-state index is 13.3. The molecule has 146 valence electrons. The summed E-state index contributed by atoms with van der Waals surface area (Å²) in [7, 11) is 0. The van der Waals surface area contributed by atoms with Crippen LogP contribution in [-0.2, 0) is 22.2 Å². The highest BCUT2D eigenvalue weighted by Gasteiger charge is 2.34. The van der Waals surface area contributed by atoms with Gasteiger partial charge in [0.1, 0.15) is 5.75 Å². The number of alkyl halides is 3. The molecule has 0 aromatic heterocycles. The number of anilines is 2. The van der Waals surface area contributed by atoms with Crippen LogP contribution in [0.15, 0.2) is 42.5 Å². The van der Waals surface area contributed by atoms with Gasteiger partial charge in [0, 0.05) is 25.1 Å². The van der Waals surface area contributed by atoms with Crippen molar-refractivity contribution < 1.29 is 27.5 Å². The lowest BCUT2D eigenvalue weighted by atomic mass is 10.1. The standard InChI is InChI=1S/C20H17F3N2O3/c1-12(26)24-15-4-5-17(16(11-15)20(21,22)23)25-19(27)7-3-13-2-6-18-14(10-13)8-9-28-18/h2-7,10-11H,8-9H2,1H3,(H,24,26)(H,25,27)/b7-3+. The third kappa shape index (κ3) is 4.70. The highest BCUT2D eigenvalue weighted by molar-refractivity contribution is 6.02. The zero-order valence-corrected chi connectivity index (χ0v) is 14.9. The fourth-order valence-electron chi connectivity index (χ4n) is 2.83. The van der Waals surface area contributed by atoms with Gasteiger partial charge in [-0.15, -0.1) is 0 Å². The van der Waals surface area contributed by atoms with Gasteiger partial charge in [-0.05, 0) is 47.5 Å². The second kappa shape index (κ2) is 7.75. The zero-order valence-electron chi connectivity index (χ0n) is 14.9. The highest BCUT2D eigenvalue weighted by Crippen LogP contribution is 2.36. The van der Waals surface area contributed by atoms with Crippen LogP contribution in [0.1, 0.15) is 23.6 Å². The van der Waals surface area contributed by atoms with E-state index in [-0.39, 0.29) is 5.69 Å². The fourth-order valence-corrected chi connectivity index (χ4v) is 2.83. The van der Waals surface area contributed by atoms with Crippen molar-refractivity contribution in [3.05, 3.63) is 59.2 Å². The largest absolute Gasteiger partial charge is 0.493 e. The Morgan fingerprint density at radius 1 is 1.11 bits per heavy atom. The Labute approximate surface area is 159 Å². The van der Waals surface area contributed by atoms with Gasteiger partial charge in [0.2, 0.25) is 11.8 Å². The summed E-state index contributed by atoms with van der Waals surface area (Å²) in [5.41, 5.74) is 0.328. The van der Waals surface area contributed by atoms with Crippen LogP contribution in [0.3, 0.4) is 0 Å². The summed E-state index contributed by atoms with van der Waals surface area (Å²) in [6.45, 7) is 1.80. The van der Waals surface area contributed by atoms with Crippen LogP contribution in [0.2, 0.25) is 0 Å². The number of nitrogens with one attached hydrogen (secondary N) is 2. The number of carbonyl (C=O) groups excluding carboxylic acids is 2. The van der Waals surface area contributed by atoms with Crippen molar-refractivity contribution in [3.63, 3.8) is 0 Å². The van der Waals surface area contributed by atoms with Crippen LogP contribution < -0.4 is 15.4 Å². The average molecular weight is 390 g/mol. The van der Waals surface area contributed by atoms with Crippen molar-refractivity contribution in [1.82, 2.24) is 0 Å². The van der Waals surface area contributed by atoms with Gasteiger partial charge in [0.05, 0.1) is 17.9 Å². The number of benzene rings is 2. The number of hydrogen-bond acceptors (Lipinski definition) is 3. The van der Waals surface area contributed by atoms with Crippen LogP contribution in [0.5, 0.6) is 5.75 Å². The van der Waals surface area contributed by atoms with E-state index in [4.69, 9.17) is 4.74 Å². The van der Waals surface area contributed by atoms with Gasteiger partial charge in [-0.1, -0.05) is 6.07 Å². The van der Waals surface area contributed by atoms with Crippen molar-refractivity contribution in [1.29, 1.82) is 0 Å². The summed E-state index contributed by atoms with van der Waals surface area (Å²) in [6.07, 6.45) is -1.23. The van der Waals surface area contributed by atoms with Gasteiger partial charge < -0.3 is 15.4 Å². The molecule has 0 fully saturated rings. The summed E-state index contributed by atoms with van der Waals surface area (Å²) in [6, 6.07) is 8.60. The topological polar surface area (TPSA) is 67.4 Å². The van der Waals surface area contributed by atoms with E-state index in [0.717, 1.165) is 35.4 Å². The lowest BCUT2D eigenvalue weighted by Gasteiger charge is -2.15. The first kappa shape index (κ1) is 19.5. The highest BCUT2D eigenvalue weighted by atomic mass is 19.4. The third-order valence-electron chi connectivity index (χ3n) is 4.04. The minimum absolute atomic E-state index is 0.00581. The molecule has 3 rings (SSSR count). The number of amides is 2. The molecule has 8 heteroatoms. The molecule has 2 N–H and O–H groups in total. The van der Waals surface area contributed by atoms with E-state index in [9.17, 15) is 22.8 Å². The van der Waals surface area contributed by atoms with Crippen LogP contribution in [0, 0.1) is 0 Å². The van der Waals surface area contributed by atoms with Gasteiger partial charge in [-0.2, -0.15) is 13.2 Å². The molecule has 2 aromatic rings. The number of hydrogen-bond donors (Lipinski definition) is 2. The third-order valence-corrected chi connectivity index (χ3v) is 4.04. The van der Waals surface area contributed by atoms with Crippen molar-refractivity contribution in [2.45, 2.75) is 19.5 Å². The summed E-state index contributed by atoms with van der Waals surface area (Å²) in [5.74, 6) is -0.391. The number of halogens is 3. The van der Waals surface area contributed by atoms with E-state index < -0.39 is 29.2 Å². The maximum atomic E-state index is 13.3. The molecule has 0 saturated heterocycles. The first-order valence-corrected chi connectivity index (χ1v) is 8.46. The first-order chi connectivity index (χ1) is 13.2. The summed E-state index contributed by atoms with van der Waals surface area (Å²) >= 11 is 0. The predicted molar refractivity (Wildman–Crippen MR) is 99.1 cm³/mol. The molecule has 1 heterocycles. The van der Waals surface area contributed by atoms with Crippen molar-refractivity contribution >= 4 is 29.3 Å². The molecule has 0 saturated carbocycles. The minimum atomic E-state index is -4.69. The average Bonchev–Trinajstić information content (AvgIpc) is 3.07. The SMILES string of the molecule is CC(=O)Nc1ccc(NC(=O)/C=C/c2ccc3c(c2)CCO3)c(C(F)(F)F)c1. The van der Waals surface area contributed by atoms with Crippen LogP contribution in [-0.4, -0.2) is 18.4 Å². The molecule has 0 unspecified atom stereocenters. The van der Waals surface area contributed by atoms with E-state index in [0.29, 0.717) is 6.61 Å². The van der Waals surface area contributed by atoms with Gasteiger partial charge in [-0.3, -0.25) is 9.59 Å². The Morgan fingerprint density at radius 3 is 2.61 bits per heavy atom. The fraction of sp³-hybridized carbons (Fsp3) is 0.200. The van der Waals surface area contributed by atoms with Crippen LogP contribution in [0.4, 0.5) is 24.5 Å². The van der Waals surface area contributed by atoms with Gasteiger partial charge in [0.15, 0.2) is 0 Å². The smallest absolute Gasteiger partial charge is 0.418 e. The zero-order chi connectivity index (χ0) is 20.3. The summed E-state index contributed by atoms with van der Waals surface area (Å²) in [4.78, 5) is 23.1. The molecule has 28 heavy (non-hydrogen) atoms. The minimum Gasteiger partial charge on any atom is -0.493 e. The van der Waals surface area contributed by atoms with Gasteiger partial charge in [0.25, 0.3) is 0 Å². The van der Waals surface area contributed by atoms with Crippen LogP contribution >= 0.6 is 0 Å². The molecule has 1 aliphatic heterocycles.